The first-order chi connectivity index (χ1) is 10.7. The lowest BCUT2D eigenvalue weighted by molar-refractivity contribution is 0.216. The van der Waals surface area contributed by atoms with Crippen LogP contribution >= 0.6 is 11.3 Å². The van der Waals surface area contributed by atoms with Crippen LogP contribution in [0.5, 0.6) is 0 Å². The van der Waals surface area contributed by atoms with Crippen LogP contribution in [0.25, 0.3) is 0 Å². The molecule has 0 bridgehead atoms. The molecule has 0 saturated carbocycles. The Labute approximate surface area is 132 Å². The van der Waals surface area contributed by atoms with Crippen molar-refractivity contribution in [1.29, 1.82) is 0 Å². The zero-order valence-corrected chi connectivity index (χ0v) is 13.2. The van der Waals surface area contributed by atoms with Gasteiger partial charge in [0.05, 0.1) is 16.9 Å². The molecule has 3 heterocycles. The molecule has 0 unspecified atom stereocenters. The van der Waals surface area contributed by atoms with Gasteiger partial charge in [-0.1, -0.05) is 6.07 Å². The Bertz CT molecular complexity index is 731. The number of anilines is 2. The van der Waals surface area contributed by atoms with E-state index in [-0.39, 0.29) is 5.82 Å². The Morgan fingerprint density at radius 2 is 2.00 bits per heavy atom. The molecular weight excluding hydrogens is 299 g/mol. The van der Waals surface area contributed by atoms with Gasteiger partial charge in [0.2, 0.25) is 0 Å². The molecule has 22 heavy (non-hydrogen) atoms. The molecule has 0 spiro atoms. The summed E-state index contributed by atoms with van der Waals surface area (Å²) in [5, 5.41) is 7.32. The van der Waals surface area contributed by atoms with Crippen LogP contribution in [0.1, 0.15) is 5.56 Å². The van der Waals surface area contributed by atoms with Gasteiger partial charge in [0, 0.05) is 36.9 Å². The molecule has 1 N–H and O–H groups in total. The second kappa shape index (κ2) is 5.37. The number of benzene rings is 1. The normalized spacial score (nSPS) is 18.1. The molecule has 0 radical (unpaired) electrons. The van der Waals surface area contributed by atoms with Crippen molar-refractivity contribution in [3.63, 3.8) is 0 Å². The largest absolute Gasteiger partial charge is 0.353 e. The van der Waals surface area contributed by atoms with E-state index in [9.17, 15) is 4.39 Å². The van der Waals surface area contributed by atoms with E-state index in [1.54, 1.807) is 17.4 Å². The Hall–Kier alpha value is -1.92. The Morgan fingerprint density at radius 3 is 2.82 bits per heavy atom. The number of amidine groups is 1. The fraction of sp³-hybridized carbons (Fsp3) is 0.312. The zero-order valence-electron chi connectivity index (χ0n) is 12.3. The summed E-state index contributed by atoms with van der Waals surface area (Å²) in [6, 6.07) is 5.03. The number of hydrogen-bond acceptors (Lipinski definition) is 5. The number of thiophene rings is 1. The SMILES string of the molecule is CN1CCN(C2=Nc3cccc(F)c3Nc3cscc32)CC1. The number of para-hydroxylation sites is 1. The number of hydrogen-bond donors (Lipinski definition) is 1. The van der Waals surface area contributed by atoms with Crippen molar-refractivity contribution in [2.24, 2.45) is 4.99 Å². The van der Waals surface area contributed by atoms with Gasteiger partial charge in [0.1, 0.15) is 17.3 Å². The van der Waals surface area contributed by atoms with E-state index in [0.29, 0.717) is 11.4 Å². The van der Waals surface area contributed by atoms with Gasteiger partial charge >= 0.3 is 0 Å². The van der Waals surface area contributed by atoms with E-state index in [1.807, 2.05) is 11.4 Å². The highest BCUT2D eigenvalue weighted by atomic mass is 32.1. The average Bonchev–Trinajstić information content (AvgIpc) is 2.91. The molecule has 6 heteroatoms. The number of aliphatic imine (C=N–C) groups is 1. The Kier molecular flexibility index (Phi) is 3.35. The van der Waals surface area contributed by atoms with Crippen LogP contribution in [0.15, 0.2) is 34.0 Å². The molecule has 0 atom stereocenters. The van der Waals surface area contributed by atoms with Crippen LogP contribution in [0.3, 0.4) is 0 Å². The smallest absolute Gasteiger partial charge is 0.148 e. The lowest BCUT2D eigenvalue weighted by Crippen LogP contribution is -2.47. The van der Waals surface area contributed by atoms with Crippen molar-refractivity contribution in [1.82, 2.24) is 9.80 Å². The molecule has 4 nitrogen and oxygen atoms in total. The monoisotopic (exact) mass is 316 g/mol. The van der Waals surface area contributed by atoms with E-state index in [1.165, 1.54) is 6.07 Å². The predicted molar refractivity (Wildman–Crippen MR) is 89.3 cm³/mol. The molecule has 1 aromatic carbocycles. The molecule has 1 saturated heterocycles. The molecular formula is C16H17FN4S. The van der Waals surface area contributed by atoms with E-state index in [2.05, 4.69) is 27.5 Å². The van der Waals surface area contributed by atoms with E-state index in [0.717, 1.165) is 43.3 Å². The lowest BCUT2D eigenvalue weighted by atomic mass is 10.2. The second-order valence-corrected chi connectivity index (χ2v) is 6.43. The standard InChI is InChI=1S/C16H17FN4S/c1-20-5-7-21(8-6-20)16-11-9-22-10-14(11)18-15-12(17)3-2-4-13(15)19-16/h2-4,9-10,18H,5-8H2,1H3. The first-order valence-electron chi connectivity index (χ1n) is 7.36. The van der Waals surface area contributed by atoms with Gasteiger partial charge in [-0.15, -0.1) is 11.3 Å². The first-order valence-corrected chi connectivity index (χ1v) is 8.31. The maximum Gasteiger partial charge on any atom is 0.148 e. The molecule has 1 fully saturated rings. The zero-order chi connectivity index (χ0) is 15.1. The third kappa shape index (κ3) is 2.28. The summed E-state index contributed by atoms with van der Waals surface area (Å²) in [7, 11) is 2.13. The van der Waals surface area contributed by atoms with Crippen molar-refractivity contribution in [3.8, 4) is 0 Å². The number of likely N-dealkylation sites (N-methyl/N-ethyl adjacent to an activating group) is 1. The topological polar surface area (TPSA) is 30.9 Å². The van der Waals surface area contributed by atoms with E-state index >= 15 is 0 Å². The van der Waals surface area contributed by atoms with E-state index < -0.39 is 0 Å². The summed E-state index contributed by atoms with van der Waals surface area (Å²) < 4.78 is 14.1. The fourth-order valence-electron chi connectivity index (χ4n) is 2.86. The third-order valence-corrected chi connectivity index (χ3v) is 4.93. The summed E-state index contributed by atoms with van der Waals surface area (Å²) >= 11 is 1.61. The molecule has 4 rings (SSSR count). The number of halogens is 1. The number of piperazine rings is 1. The molecule has 1 aromatic heterocycles. The minimum Gasteiger partial charge on any atom is -0.353 e. The number of fused-ring (bicyclic) bond motifs is 2. The van der Waals surface area contributed by atoms with Crippen LogP contribution in [0, 0.1) is 5.82 Å². The van der Waals surface area contributed by atoms with Gasteiger partial charge in [-0.3, -0.25) is 0 Å². The Morgan fingerprint density at radius 1 is 1.18 bits per heavy atom. The quantitative estimate of drug-likeness (QED) is 0.809. The maximum atomic E-state index is 14.1. The minimum atomic E-state index is -0.266. The van der Waals surface area contributed by atoms with Crippen LogP contribution < -0.4 is 5.32 Å². The maximum absolute atomic E-state index is 14.1. The van der Waals surface area contributed by atoms with Crippen molar-refractivity contribution in [3.05, 3.63) is 40.3 Å². The van der Waals surface area contributed by atoms with Crippen molar-refractivity contribution < 1.29 is 4.39 Å². The lowest BCUT2D eigenvalue weighted by Gasteiger charge is -2.34. The van der Waals surface area contributed by atoms with Crippen LogP contribution in [-0.2, 0) is 0 Å². The summed E-state index contributed by atoms with van der Waals surface area (Å²) in [4.78, 5) is 9.40. The van der Waals surface area contributed by atoms with Crippen molar-refractivity contribution in [2.75, 3.05) is 38.5 Å². The molecule has 2 aliphatic rings. The fourth-order valence-corrected chi connectivity index (χ4v) is 3.62. The van der Waals surface area contributed by atoms with Gasteiger partial charge in [0.15, 0.2) is 0 Å². The van der Waals surface area contributed by atoms with Crippen LogP contribution in [0.2, 0.25) is 0 Å². The summed E-state index contributed by atoms with van der Waals surface area (Å²) in [5.74, 6) is 0.680. The number of nitrogens with one attached hydrogen (secondary N) is 1. The van der Waals surface area contributed by atoms with Gasteiger partial charge in [-0.2, -0.15) is 0 Å². The van der Waals surface area contributed by atoms with Crippen LogP contribution in [-0.4, -0.2) is 48.9 Å². The summed E-state index contributed by atoms with van der Waals surface area (Å²) in [6.45, 7) is 3.91. The number of nitrogens with zero attached hydrogens (tertiary/aromatic N) is 3. The molecule has 2 aliphatic heterocycles. The molecule has 0 aliphatic carbocycles. The second-order valence-electron chi connectivity index (χ2n) is 5.68. The van der Waals surface area contributed by atoms with Crippen molar-refractivity contribution >= 4 is 34.2 Å². The summed E-state index contributed by atoms with van der Waals surface area (Å²) in [6.07, 6.45) is 0. The molecule has 0 amide bonds. The summed E-state index contributed by atoms with van der Waals surface area (Å²) in [5.41, 5.74) is 3.12. The van der Waals surface area contributed by atoms with Gasteiger partial charge < -0.3 is 15.1 Å². The Balaban J connectivity index is 1.81. The molecule has 114 valence electrons. The highest BCUT2D eigenvalue weighted by Crippen LogP contribution is 2.38. The van der Waals surface area contributed by atoms with Gasteiger partial charge in [0.25, 0.3) is 0 Å². The number of rotatable bonds is 0. The highest BCUT2D eigenvalue weighted by molar-refractivity contribution is 7.08. The molecule has 2 aromatic rings. The minimum absolute atomic E-state index is 0.266. The van der Waals surface area contributed by atoms with Crippen molar-refractivity contribution in [2.45, 2.75) is 0 Å². The predicted octanol–water partition coefficient (Wildman–Crippen LogP) is 3.27. The van der Waals surface area contributed by atoms with Gasteiger partial charge in [-0.05, 0) is 19.2 Å². The van der Waals surface area contributed by atoms with E-state index in [4.69, 9.17) is 4.99 Å². The third-order valence-electron chi connectivity index (χ3n) is 4.18. The first kappa shape index (κ1) is 13.7. The van der Waals surface area contributed by atoms with Gasteiger partial charge in [-0.25, -0.2) is 9.38 Å². The highest BCUT2D eigenvalue weighted by Gasteiger charge is 2.25. The average molecular weight is 316 g/mol. The van der Waals surface area contributed by atoms with Crippen LogP contribution in [0.4, 0.5) is 21.5 Å².